The van der Waals surface area contributed by atoms with Crippen LogP contribution in [0, 0.1) is 0 Å². The summed E-state index contributed by atoms with van der Waals surface area (Å²) in [5, 5.41) is 0. The van der Waals surface area contributed by atoms with Gasteiger partial charge in [0.25, 0.3) is 0 Å². The van der Waals surface area contributed by atoms with Crippen LogP contribution in [0.3, 0.4) is 0 Å². The summed E-state index contributed by atoms with van der Waals surface area (Å²) >= 11 is 0. The molecule has 1 unspecified atom stereocenters. The fraction of sp³-hybridized carbons (Fsp3) is 0.143. The Morgan fingerprint density at radius 2 is 1.33 bits per heavy atom. The molecular formula is C14H15N. The fourth-order valence-electron chi connectivity index (χ4n) is 1.72. The van der Waals surface area contributed by atoms with Gasteiger partial charge in [-0.3, -0.25) is 0 Å². The van der Waals surface area contributed by atoms with E-state index in [1.165, 1.54) is 11.1 Å². The van der Waals surface area contributed by atoms with Crippen molar-refractivity contribution in [3.63, 3.8) is 0 Å². The number of anilines is 1. The molecular weight excluding hydrogens is 182 g/mol. The highest BCUT2D eigenvalue weighted by Gasteiger charge is 2.06. The Hall–Kier alpha value is -1.76. The molecule has 0 spiro atoms. The van der Waals surface area contributed by atoms with Crippen LogP contribution in [0.25, 0.3) is 0 Å². The standard InChI is InChI=1S/C14H15N/c1-11(12-5-3-2-4-6-12)13-7-9-14(15)10-8-13/h2-11H,15H2,1H3. The lowest BCUT2D eigenvalue weighted by molar-refractivity contribution is 0.923. The Labute approximate surface area is 90.6 Å². The second-order valence-electron chi connectivity index (χ2n) is 3.80. The van der Waals surface area contributed by atoms with Crippen molar-refractivity contribution in [2.24, 2.45) is 0 Å². The van der Waals surface area contributed by atoms with Crippen molar-refractivity contribution < 1.29 is 0 Å². The summed E-state index contributed by atoms with van der Waals surface area (Å²) in [6.07, 6.45) is 0. The predicted molar refractivity (Wildman–Crippen MR) is 64.8 cm³/mol. The highest BCUT2D eigenvalue weighted by atomic mass is 14.5. The highest BCUT2D eigenvalue weighted by Crippen LogP contribution is 2.24. The largest absolute Gasteiger partial charge is 0.399 e. The molecule has 0 fully saturated rings. The molecule has 15 heavy (non-hydrogen) atoms. The highest BCUT2D eigenvalue weighted by molar-refractivity contribution is 5.42. The van der Waals surface area contributed by atoms with Crippen molar-refractivity contribution >= 4 is 5.69 Å². The van der Waals surface area contributed by atoms with E-state index in [-0.39, 0.29) is 0 Å². The predicted octanol–water partition coefficient (Wildman–Crippen LogP) is 3.42. The van der Waals surface area contributed by atoms with E-state index < -0.39 is 0 Å². The number of benzene rings is 2. The number of hydrogen-bond donors (Lipinski definition) is 1. The van der Waals surface area contributed by atoms with Gasteiger partial charge in [-0.25, -0.2) is 0 Å². The van der Waals surface area contributed by atoms with Crippen molar-refractivity contribution in [2.45, 2.75) is 12.8 Å². The summed E-state index contributed by atoms with van der Waals surface area (Å²) in [4.78, 5) is 0. The van der Waals surface area contributed by atoms with E-state index >= 15 is 0 Å². The Morgan fingerprint density at radius 3 is 1.93 bits per heavy atom. The summed E-state index contributed by atoms with van der Waals surface area (Å²) in [7, 11) is 0. The first-order chi connectivity index (χ1) is 7.27. The van der Waals surface area contributed by atoms with Gasteiger partial charge in [0.2, 0.25) is 0 Å². The summed E-state index contributed by atoms with van der Waals surface area (Å²) in [6, 6.07) is 18.6. The van der Waals surface area contributed by atoms with E-state index in [1.54, 1.807) is 0 Å². The Bertz CT molecular complexity index is 417. The average Bonchev–Trinajstić information content (AvgIpc) is 2.30. The minimum atomic E-state index is 0.423. The number of nitrogen functional groups attached to an aromatic ring is 1. The summed E-state index contributed by atoms with van der Waals surface area (Å²) < 4.78 is 0. The third kappa shape index (κ3) is 2.18. The van der Waals surface area contributed by atoms with Gasteiger partial charge in [-0.15, -0.1) is 0 Å². The van der Waals surface area contributed by atoms with Gasteiger partial charge in [-0.1, -0.05) is 49.4 Å². The Kier molecular flexibility index (Phi) is 2.72. The first-order valence-electron chi connectivity index (χ1n) is 5.18. The molecule has 0 bridgehead atoms. The molecule has 0 radical (unpaired) electrons. The van der Waals surface area contributed by atoms with Gasteiger partial charge in [-0.05, 0) is 23.3 Å². The molecule has 76 valence electrons. The van der Waals surface area contributed by atoms with E-state index in [9.17, 15) is 0 Å². The average molecular weight is 197 g/mol. The van der Waals surface area contributed by atoms with E-state index in [0.717, 1.165) is 5.69 Å². The zero-order valence-electron chi connectivity index (χ0n) is 8.85. The first kappa shape index (κ1) is 9.78. The smallest absolute Gasteiger partial charge is 0.0314 e. The lowest BCUT2D eigenvalue weighted by Gasteiger charge is -2.12. The quantitative estimate of drug-likeness (QED) is 0.733. The Balaban J connectivity index is 2.29. The van der Waals surface area contributed by atoms with Gasteiger partial charge in [0.15, 0.2) is 0 Å². The number of nitrogens with two attached hydrogens (primary N) is 1. The topological polar surface area (TPSA) is 26.0 Å². The van der Waals surface area contributed by atoms with Gasteiger partial charge in [0, 0.05) is 11.6 Å². The number of rotatable bonds is 2. The van der Waals surface area contributed by atoms with Crippen LogP contribution in [0.1, 0.15) is 24.0 Å². The normalized spacial score (nSPS) is 12.3. The van der Waals surface area contributed by atoms with Crippen molar-refractivity contribution in [3.05, 3.63) is 65.7 Å². The second kappa shape index (κ2) is 4.18. The third-order valence-corrected chi connectivity index (χ3v) is 2.74. The zero-order valence-corrected chi connectivity index (χ0v) is 8.85. The van der Waals surface area contributed by atoms with Gasteiger partial charge in [-0.2, -0.15) is 0 Å². The maximum absolute atomic E-state index is 5.67. The minimum Gasteiger partial charge on any atom is -0.399 e. The van der Waals surface area contributed by atoms with Crippen LogP contribution in [0.2, 0.25) is 0 Å². The van der Waals surface area contributed by atoms with E-state index in [2.05, 4.69) is 43.3 Å². The monoisotopic (exact) mass is 197 g/mol. The van der Waals surface area contributed by atoms with E-state index in [0.29, 0.717) is 5.92 Å². The van der Waals surface area contributed by atoms with Crippen LogP contribution >= 0.6 is 0 Å². The molecule has 1 atom stereocenters. The molecule has 1 heteroatoms. The molecule has 2 rings (SSSR count). The zero-order chi connectivity index (χ0) is 10.7. The van der Waals surface area contributed by atoms with Crippen LogP contribution in [-0.2, 0) is 0 Å². The molecule has 0 heterocycles. The lowest BCUT2D eigenvalue weighted by Crippen LogP contribution is -1.95. The summed E-state index contributed by atoms with van der Waals surface area (Å²) in [5.41, 5.74) is 9.12. The lowest BCUT2D eigenvalue weighted by atomic mass is 9.93. The first-order valence-corrected chi connectivity index (χ1v) is 5.18. The minimum absolute atomic E-state index is 0.423. The van der Waals surface area contributed by atoms with Crippen LogP contribution in [-0.4, -0.2) is 0 Å². The van der Waals surface area contributed by atoms with E-state index in [4.69, 9.17) is 5.73 Å². The molecule has 0 aliphatic rings. The van der Waals surface area contributed by atoms with Crippen LogP contribution < -0.4 is 5.73 Å². The Morgan fingerprint density at radius 1 is 0.800 bits per heavy atom. The van der Waals surface area contributed by atoms with Crippen molar-refractivity contribution in [1.82, 2.24) is 0 Å². The maximum atomic E-state index is 5.67. The molecule has 0 saturated carbocycles. The molecule has 2 N–H and O–H groups in total. The molecule has 2 aromatic rings. The van der Waals surface area contributed by atoms with Gasteiger partial charge < -0.3 is 5.73 Å². The SMILES string of the molecule is CC(c1ccccc1)c1ccc(N)cc1. The molecule has 0 amide bonds. The van der Waals surface area contributed by atoms with Gasteiger partial charge in [0.1, 0.15) is 0 Å². The van der Waals surface area contributed by atoms with Crippen LogP contribution in [0.15, 0.2) is 54.6 Å². The number of hydrogen-bond acceptors (Lipinski definition) is 1. The summed E-state index contributed by atoms with van der Waals surface area (Å²) in [5.74, 6) is 0.423. The molecule has 0 saturated heterocycles. The molecule has 0 aliphatic carbocycles. The van der Waals surface area contributed by atoms with Gasteiger partial charge in [0.05, 0.1) is 0 Å². The van der Waals surface area contributed by atoms with Crippen molar-refractivity contribution in [2.75, 3.05) is 5.73 Å². The van der Waals surface area contributed by atoms with Crippen molar-refractivity contribution in [3.8, 4) is 0 Å². The molecule has 0 aliphatic heterocycles. The van der Waals surface area contributed by atoms with Crippen molar-refractivity contribution in [1.29, 1.82) is 0 Å². The van der Waals surface area contributed by atoms with Gasteiger partial charge >= 0.3 is 0 Å². The van der Waals surface area contributed by atoms with E-state index in [1.807, 2.05) is 18.2 Å². The third-order valence-electron chi connectivity index (χ3n) is 2.74. The fourth-order valence-corrected chi connectivity index (χ4v) is 1.72. The molecule has 1 nitrogen and oxygen atoms in total. The van der Waals surface area contributed by atoms with Crippen LogP contribution in [0.5, 0.6) is 0 Å². The molecule has 2 aromatic carbocycles. The maximum Gasteiger partial charge on any atom is 0.0314 e. The summed E-state index contributed by atoms with van der Waals surface area (Å²) in [6.45, 7) is 2.21. The molecule has 0 aromatic heterocycles. The second-order valence-corrected chi connectivity index (χ2v) is 3.80. The van der Waals surface area contributed by atoms with Crippen LogP contribution in [0.4, 0.5) is 5.69 Å².